The zero-order chi connectivity index (χ0) is 18.6. The average Bonchev–Trinajstić information content (AvgIpc) is 2.66. The Morgan fingerprint density at radius 3 is 2.48 bits per heavy atom. The van der Waals surface area contributed by atoms with Crippen molar-refractivity contribution >= 4 is 11.5 Å². The SMILES string of the molecule is CC1(C)CC(=O)C2=C(C1)NC1=C(CCc3ccccc31)C2c1ccccc1. The van der Waals surface area contributed by atoms with Crippen molar-refractivity contribution in [1.29, 1.82) is 0 Å². The van der Waals surface area contributed by atoms with Crippen LogP contribution in [0.25, 0.3) is 5.70 Å². The Hall–Kier alpha value is -2.61. The highest BCUT2D eigenvalue weighted by Gasteiger charge is 2.42. The van der Waals surface area contributed by atoms with Crippen LogP contribution < -0.4 is 5.32 Å². The number of rotatable bonds is 1. The van der Waals surface area contributed by atoms with Gasteiger partial charge in [-0.3, -0.25) is 4.79 Å². The minimum atomic E-state index is 0.0103. The molecule has 0 saturated heterocycles. The van der Waals surface area contributed by atoms with Crippen LogP contribution in [0.2, 0.25) is 0 Å². The van der Waals surface area contributed by atoms with Gasteiger partial charge in [-0.2, -0.15) is 0 Å². The van der Waals surface area contributed by atoms with Crippen LogP contribution in [0.1, 0.15) is 55.7 Å². The lowest BCUT2D eigenvalue weighted by atomic mass is 9.66. The summed E-state index contributed by atoms with van der Waals surface area (Å²) in [5.74, 6) is 0.405. The summed E-state index contributed by atoms with van der Waals surface area (Å²) in [6.07, 6.45) is 3.61. The largest absolute Gasteiger partial charge is 0.358 e. The van der Waals surface area contributed by atoms with Gasteiger partial charge in [0.25, 0.3) is 0 Å². The van der Waals surface area contributed by atoms with Crippen LogP contribution in [0, 0.1) is 5.41 Å². The van der Waals surface area contributed by atoms with Crippen molar-refractivity contribution in [2.75, 3.05) is 0 Å². The van der Waals surface area contributed by atoms with Crippen LogP contribution in [0.15, 0.2) is 71.4 Å². The first-order valence-corrected chi connectivity index (χ1v) is 9.93. The molecule has 1 aliphatic heterocycles. The first-order chi connectivity index (χ1) is 13.0. The Bertz CT molecular complexity index is 994. The Morgan fingerprint density at radius 1 is 0.926 bits per heavy atom. The highest BCUT2D eigenvalue weighted by atomic mass is 16.1. The molecule has 0 spiro atoms. The van der Waals surface area contributed by atoms with Crippen molar-refractivity contribution in [3.05, 3.63) is 88.1 Å². The van der Waals surface area contributed by atoms with E-state index >= 15 is 0 Å². The fraction of sp³-hybridized carbons (Fsp3) is 0.320. The lowest BCUT2D eigenvalue weighted by molar-refractivity contribution is -0.118. The molecule has 1 heterocycles. The first-order valence-electron chi connectivity index (χ1n) is 9.93. The van der Waals surface area contributed by atoms with Crippen LogP contribution in [-0.2, 0) is 11.2 Å². The third-order valence-corrected chi connectivity index (χ3v) is 6.24. The standard InChI is InChI=1S/C25H25NO/c1-25(2)14-20-23(21(27)15-25)22(17-9-4-3-5-10-17)19-13-12-16-8-6-7-11-18(16)24(19)26-20/h3-11,22,26H,12-15H2,1-2H3. The molecule has 3 aliphatic rings. The summed E-state index contributed by atoms with van der Waals surface area (Å²) >= 11 is 0. The van der Waals surface area contributed by atoms with Gasteiger partial charge in [0.15, 0.2) is 5.78 Å². The normalized spacial score (nSPS) is 23.3. The van der Waals surface area contributed by atoms with E-state index in [0.29, 0.717) is 12.2 Å². The van der Waals surface area contributed by atoms with Gasteiger partial charge in [-0.1, -0.05) is 68.4 Å². The van der Waals surface area contributed by atoms with Crippen LogP contribution in [0.3, 0.4) is 0 Å². The molecule has 0 aromatic heterocycles. The zero-order valence-corrected chi connectivity index (χ0v) is 16.0. The topological polar surface area (TPSA) is 29.1 Å². The molecule has 1 unspecified atom stereocenters. The fourth-order valence-electron chi connectivity index (χ4n) is 5.11. The van der Waals surface area contributed by atoms with E-state index in [1.54, 1.807) is 0 Å². The van der Waals surface area contributed by atoms with Crippen LogP contribution in [0.4, 0.5) is 0 Å². The van der Waals surface area contributed by atoms with Gasteiger partial charge in [-0.05, 0) is 41.4 Å². The average molecular weight is 355 g/mol. The third-order valence-electron chi connectivity index (χ3n) is 6.24. The summed E-state index contributed by atoms with van der Waals surface area (Å²) in [6.45, 7) is 4.40. The molecule has 5 rings (SSSR count). The molecule has 1 N–H and O–H groups in total. The lowest BCUT2D eigenvalue weighted by Gasteiger charge is -2.42. The van der Waals surface area contributed by atoms with Gasteiger partial charge >= 0.3 is 0 Å². The number of nitrogens with one attached hydrogen (secondary N) is 1. The molecule has 2 aromatic carbocycles. The zero-order valence-electron chi connectivity index (χ0n) is 16.0. The Kier molecular flexibility index (Phi) is 3.65. The summed E-state index contributed by atoms with van der Waals surface area (Å²) < 4.78 is 0. The van der Waals surface area contributed by atoms with Gasteiger partial charge in [0.05, 0.1) is 0 Å². The Morgan fingerprint density at radius 2 is 1.67 bits per heavy atom. The van der Waals surface area contributed by atoms with Crippen molar-refractivity contribution in [3.8, 4) is 0 Å². The number of benzene rings is 2. The second-order valence-corrected chi connectivity index (χ2v) is 8.86. The molecule has 27 heavy (non-hydrogen) atoms. The fourth-order valence-corrected chi connectivity index (χ4v) is 5.11. The van der Waals surface area contributed by atoms with E-state index in [4.69, 9.17) is 0 Å². The molecule has 1 atom stereocenters. The maximum absolute atomic E-state index is 13.2. The van der Waals surface area contributed by atoms with Crippen LogP contribution >= 0.6 is 0 Å². The number of allylic oxidation sites excluding steroid dienone is 3. The quantitative estimate of drug-likeness (QED) is 0.745. The number of hydrogen-bond donors (Lipinski definition) is 1. The molecular formula is C25H25NO. The number of fused-ring (bicyclic) bond motifs is 2. The summed E-state index contributed by atoms with van der Waals surface area (Å²) in [5.41, 5.74) is 8.74. The summed E-state index contributed by atoms with van der Waals surface area (Å²) in [7, 11) is 0. The van der Waals surface area contributed by atoms with E-state index in [-0.39, 0.29) is 11.3 Å². The van der Waals surface area contributed by atoms with Gasteiger partial charge < -0.3 is 5.32 Å². The number of dihydropyridines is 1. The number of carbonyl (C=O) groups is 1. The molecule has 2 heteroatoms. The van der Waals surface area contributed by atoms with Gasteiger partial charge in [0, 0.05) is 34.9 Å². The smallest absolute Gasteiger partial charge is 0.162 e. The van der Waals surface area contributed by atoms with Gasteiger partial charge in [-0.25, -0.2) is 0 Å². The molecular weight excluding hydrogens is 330 g/mol. The minimum Gasteiger partial charge on any atom is -0.358 e. The summed E-state index contributed by atoms with van der Waals surface area (Å²) in [5, 5.41) is 3.74. The van der Waals surface area contributed by atoms with E-state index in [9.17, 15) is 4.79 Å². The van der Waals surface area contributed by atoms with E-state index in [2.05, 4.69) is 73.8 Å². The van der Waals surface area contributed by atoms with E-state index < -0.39 is 0 Å². The van der Waals surface area contributed by atoms with Crippen molar-refractivity contribution in [1.82, 2.24) is 5.32 Å². The monoisotopic (exact) mass is 355 g/mol. The molecule has 0 amide bonds. The van der Waals surface area contributed by atoms with Crippen LogP contribution in [0.5, 0.6) is 0 Å². The highest BCUT2D eigenvalue weighted by molar-refractivity contribution is 6.01. The molecule has 0 radical (unpaired) electrons. The number of hydrogen-bond acceptors (Lipinski definition) is 2. The van der Waals surface area contributed by atoms with Gasteiger partial charge in [0.2, 0.25) is 0 Å². The highest BCUT2D eigenvalue weighted by Crippen LogP contribution is 2.50. The van der Waals surface area contributed by atoms with Crippen LogP contribution in [-0.4, -0.2) is 5.78 Å². The molecule has 0 bridgehead atoms. The van der Waals surface area contributed by atoms with E-state index in [0.717, 1.165) is 30.5 Å². The molecule has 0 fully saturated rings. The van der Waals surface area contributed by atoms with Crippen molar-refractivity contribution in [2.24, 2.45) is 5.41 Å². The van der Waals surface area contributed by atoms with Gasteiger partial charge in [0.1, 0.15) is 0 Å². The third kappa shape index (κ3) is 2.66. The number of carbonyl (C=O) groups excluding carboxylic acids is 1. The van der Waals surface area contributed by atoms with E-state index in [1.807, 2.05) is 0 Å². The Labute approximate surface area is 161 Å². The first kappa shape index (κ1) is 16.6. The molecule has 0 saturated carbocycles. The second kappa shape index (κ2) is 5.95. The maximum Gasteiger partial charge on any atom is 0.162 e. The molecule has 2 nitrogen and oxygen atoms in total. The minimum absolute atomic E-state index is 0.0103. The van der Waals surface area contributed by atoms with E-state index in [1.165, 1.54) is 28.0 Å². The summed E-state index contributed by atoms with van der Waals surface area (Å²) in [6, 6.07) is 19.3. The predicted octanol–water partition coefficient (Wildman–Crippen LogP) is 5.37. The Balaban J connectivity index is 1.73. The van der Waals surface area contributed by atoms with Crippen molar-refractivity contribution in [3.63, 3.8) is 0 Å². The van der Waals surface area contributed by atoms with Gasteiger partial charge in [-0.15, -0.1) is 0 Å². The number of ketones is 1. The predicted molar refractivity (Wildman–Crippen MR) is 109 cm³/mol. The molecule has 2 aromatic rings. The number of Topliss-reactive ketones (excluding diaryl/α,β-unsaturated/α-hetero) is 1. The lowest BCUT2D eigenvalue weighted by Crippen LogP contribution is -2.38. The maximum atomic E-state index is 13.2. The number of aryl methyl sites for hydroxylation is 1. The van der Waals surface area contributed by atoms with Crippen molar-refractivity contribution in [2.45, 2.75) is 45.4 Å². The summed E-state index contributed by atoms with van der Waals surface area (Å²) in [4.78, 5) is 13.2. The molecule has 136 valence electrons. The van der Waals surface area contributed by atoms with Crippen molar-refractivity contribution < 1.29 is 4.79 Å². The second-order valence-electron chi connectivity index (χ2n) is 8.86. The molecule has 2 aliphatic carbocycles.